The van der Waals surface area contributed by atoms with E-state index >= 15 is 0 Å². The third-order valence-corrected chi connectivity index (χ3v) is 1.73. The van der Waals surface area contributed by atoms with Crippen LogP contribution in [0.5, 0.6) is 0 Å². The largest absolute Gasteiger partial charge is 0.323 e. The molecule has 5 heteroatoms. The molecular formula is C8H14N4O. The molecule has 0 aromatic carbocycles. The molecule has 0 aromatic heterocycles. The number of hydrogen-bond acceptors (Lipinski definition) is 3. The minimum Gasteiger partial charge on any atom is -0.304 e. The van der Waals surface area contributed by atoms with Gasteiger partial charge < -0.3 is 10.2 Å². The molecule has 0 bridgehead atoms. The zero-order valence-corrected chi connectivity index (χ0v) is 7.58. The van der Waals surface area contributed by atoms with E-state index in [0.29, 0.717) is 6.54 Å². The third kappa shape index (κ3) is 2.30. The van der Waals surface area contributed by atoms with E-state index in [2.05, 4.69) is 17.2 Å². The number of rotatable bonds is 3. The number of nitrogens with one attached hydrogen (secondary N) is 2. The zero-order chi connectivity index (χ0) is 9.90. The summed E-state index contributed by atoms with van der Waals surface area (Å²) in [7, 11) is 1.65. The average molecular weight is 182 g/mol. The molecule has 2 amide bonds. The predicted octanol–water partition coefficient (Wildman–Crippen LogP) is -0.457. The Morgan fingerprint density at radius 1 is 1.92 bits per heavy atom. The smallest absolute Gasteiger partial charge is 0.304 e. The number of urea groups is 1. The summed E-state index contributed by atoms with van der Waals surface area (Å²) in [6.45, 7) is 4.08. The van der Waals surface area contributed by atoms with Gasteiger partial charge >= 0.3 is 6.03 Å². The van der Waals surface area contributed by atoms with Crippen LogP contribution in [-0.2, 0) is 0 Å². The fraction of sp³-hybridized carbons (Fsp3) is 0.375. The fourth-order valence-corrected chi connectivity index (χ4v) is 0.948. The summed E-state index contributed by atoms with van der Waals surface area (Å²) >= 11 is 0. The van der Waals surface area contributed by atoms with Crippen molar-refractivity contribution in [1.82, 2.24) is 15.5 Å². The molecule has 1 rings (SSSR count). The van der Waals surface area contributed by atoms with E-state index in [1.165, 1.54) is 4.90 Å². The Kier molecular flexibility index (Phi) is 2.69. The van der Waals surface area contributed by atoms with Crippen LogP contribution in [-0.4, -0.2) is 30.3 Å². The molecule has 1 aliphatic rings. The molecule has 0 fully saturated rings. The van der Waals surface area contributed by atoms with Crippen LogP contribution < -0.4 is 16.4 Å². The molecule has 0 saturated heterocycles. The van der Waals surface area contributed by atoms with E-state index in [-0.39, 0.29) is 6.03 Å². The van der Waals surface area contributed by atoms with Gasteiger partial charge in [-0.2, -0.15) is 0 Å². The molecule has 1 atom stereocenters. The van der Waals surface area contributed by atoms with Gasteiger partial charge in [0.1, 0.15) is 0 Å². The molecule has 1 unspecified atom stereocenters. The highest BCUT2D eigenvalue weighted by Crippen LogP contribution is 2.03. The average Bonchev–Trinajstić information content (AvgIpc) is 2.09. The van der Waals surface area contributed by atoms with Crippen LogP contribution in [0, 0.1) is 0 Å². The normalized spacial score (nSPS) is 27.2. The molecule has 72 valence electrons. The van der Waals surface area contributed by atoms with Crippen LogP contribution in [0.2, 0.25) is 0 Å². The summed E-state index contributed by atoms with van der Waals surface area (Å²) in [4.78, 5) is 12.6. The van der Waals surface area contributed by atoms with E-state index in [1.807, 2.05) is 0 Å². The third-order valence-electron chi connectivity index (χ3n) is 1.73. The first-order valence-electron chi connectivity index (χ1n) is 3.96. The standard InChI is InChI=1S/C8H14N4O/c1-3-5-10-8(9)4-6-12(2)7(13)11-8/h3-4,6,10H,1,5,9H2,2H3,(H,11,13). The second-order valence-electron chi connectivity index (χ2n) is 2.90. The van der Waals surface area contributed by atoms with Gasteiger partial charge in [0, 0.05) is 19.8 Å². The summed E-state index contributed by atoms with van der Waals surface area (Å²) in [5, 5.41) is 5.51. The van der Waals surface area contributed by atoms with Crippen LogP contribution in [0.3, 0.4) is 0 Å². The second kappa shape index (κ2) is 3.59. The molecular weight excluding hydrogens is 168 g/mol. The van der Waals surface area contributed by atoms with Crippen LogP contribution in [0.15, 0.2) is 24.9 Å². The first-order valence-corrected chi connectivity index (χ1v) is 3.96. The summed E-state index contributed by atoms with van der Waals surface area (Å²) in [5.41, 5.74) is 5.79. The predicted molar refractivity (Wildman–Crippen MR) is 50.6 cm³/mol. The number of hydrogen-bond donors (Lipinski definition) is 3. The lowest BCUT2D eigenvalue weighted by Gasteiger charge is -2.33. The summed E-state index contributed by atoms with van der Waals surface area (Å²) in [6.07, 6.45) is 4.97. The van der Waals surface area contributed by atoms with Crippen LogP contribution in [0.25, 0.3) is 0 Å². The van der Waals surface area contributed by atoms with E-state index in [0.717, 1.165) is 0 Å². The van der Waals surface area contributed by atoms with E-state index in [4.69, 9.17) is 5.73 Å². The van der Waals surface area contributed by atoms with E-state index < -0.39 is 5.79 Å². The summed E-state index contributed by atoms with van der Waals surface area (Å²) < 4.78 is 0. The van der Waals surface area contributed by atoms with Crippen molar-refractivity contribution in [3.05, 3.63) is 24.9 Å². The Morgan fingerprint density at radius 3 is 3.15 bits per heavy atom. The fourth-order valence-electron chi connectivity index (χ4n) is 0.948. The summed E-state index contributed by atoms with van der Waals surface area (Å²) in [6, 6.07) is -0.235. The number of nitrogens with zero attached hydrogens (tertiary/aromatic N) is 1. The molecule has 5 nitrogen and oxygen atoms in total. The van der Waals surface area contributed by atoms with Crippen molar-refractivity contribution in [2.75, 3.05) is 13.6 Å². The van der Waals surface area contributed by atoms with Gasteiger partial charge in [-0.15, -0.1) is 6.58 Å². The first-order chi connectivity index (χ1) is 6.07. The molecule has 0 aliphatic carbocycles. The van der Waals surface area contributed by atoms with E-state index in [9.17, 15) is 4.79 Å². The Balaban J connectivity index is 2.65. The maximum Gasteiger partial charge on any atom is 0.323 e. The van der Waals surface area contributed by atoms with Gasteiger partial charge in [0.2, 0.25) is 0 Å². The topological polar surface area (TPSA) is 70.4 Å². The lowest BCUT2D eigenvalue weighted by molar-refractivity contribution is 0.200. The van der Waals surface area contributed by atoms with Crippen molar-refractivity contribution < 1.29 is 4.79 Å². The minimum atomic E-state index is -0.961. The summed E-state index contributed by atoms with van der Waals surface area (Å²) in [5.74, 6) is -0.961. The minimum absolute atomic E-state index is 0.235. The van der Waals surface area contributed by atoms with Crippen LogP contribution in [0.1, 0.15) is 0 Å². The lowest BCUT2D eigenvalue weighted by atomic mass is 10.3. The SMILES string of the molecule is C=CCNC1(N)C=CN(C)C(=O)N1. The molecule has 1 aliphatic heterocycles. The second-order valence-corrected chi connectivity index (χ2v) is 2.90. The van der Waals surface area contributed by atoms with Gasteiger partial charge in [-0.1, -0.05) is 6.08 Å². The van der Waals surface area contributed by atoms with Crippen molar-refractivity contribution in [2.45, 2.75) is 5.79 Å². The zero-order valence-electron chi connectivity index (χ0n) is 7.58. The molecule has 0 saturated carbocycles. The highest BCUT2D eigenvalue weighted by Gasteiger charge is 2.27. The van der Waals surface area contributed by atoms with Gasteiger partial charge in [-0.25, -0.2) is 4.79 Å². The van der Waals surface area contributed by atoms with Crippen molar-refractivity contribution >= 4 is 6.03 Å². The number of carbonyl (C=O) groups excluding carboxylic acids is 1. The Morgan fingerprint density at radius 2 is 2.62 bits per heavy atom. The Bertz CT molecular complexity index is 251. The monoisotopic (exact) mass is 182 g/mol. The first kappa shape index (κ1) is 9.76. The molecule has 1 heterocycles. The lowest BCUT2D eigenvalue weighted by Crippen LogP contribution is -2.67. The molecule has 0 radical (unpaired) electrons. The quantitative estimate of drug-likeness (QED) is 0.409. The number of nitrogens with two attached hydrogens (primary N) is 1. The maximum absolute atomic E-state index is 11.2. The van der Waals surface area contributed by atoms with Crippen LogP contribution >= 0.6 is 0 Å². The molecule has 4 N–H and O–H groups in total. The van der Waals surface area contributed by atoms with Gasteiger partial charge in [0.05, 0.1) is 0 Å². The van der Waals surface area contributed by atoms with Crippen molar-refractivity contribution in [3.63, 3.8) is 0 Å². The maximum atomic E-state index is 11.2. The van der Waals surface area contributed by atoms with Crippen LogP contribution in [0.4, 0.5) is 4.79 Å². The van der Waals surface area contributed by atoms with E-state index in [1.54, 1.807) is 25.4 Å². The van der Waals surface area contributed by atoms with Gasteiger partial charge in [0.15, 0.2) is 5.79 Å². The molecule has 0 aromatic rings. The van der Waals surface area contributed by atoms with Crippen molar-refractivity contribution in [2.24, 2.45) is 5.73 Å². The molecule has 0 spiro atoms. The Labute approximate surface area is 77.3 Å². The van der Waals surface area contributed by atoms with Crippen molar-refractivity contribution in [3.8, 4) is 0 Å². The highest BCUT2D eigenvalue weighted by atomic mass is 16.2. The number of carbonyl (C=O) groups is 1. The molecule has 13 heavy (non-hydrogen) atoms. The van der Waals surface area contributed by atoms with Gasteiger partial charge in [-0.3, -0.25) is 11.1 Å². The number of amides is 2. The van der Waals surface area contributed by atoms with Gasteiger partial charge in [0.25, 0.3) is 0 Å². The van der Waals surface area contributed by atoms with Gasteiger partial charge in [-0.05, 0) is 6.08 Å². The Hall–Kier alpha value is -1.33. The highest BCUT2D eigenvalue weighted by molar-refractivity contribution is 5.77. The van der Waals surface area contributed by atoms with Crippen molar-refractivity contribution in [1.29, 1.82) is 0 Å².